The molecule has 0 bridgehead atoms. The van der Waals surface area contributed by atoms with Crippen LogP contribution < -0.4 is 16.6 Å². The Bertz CT molecular complexity index is 1590. The molecule has 5 aromatic rings. The van der Waals surface area contributed by atoms with Crippen LogP contribution in [0.15, 0.2) is 46.0 Å². The zero-order valence-electron chi connectivity index (χ0n) is 18.5. The minimum Gasteiger partial charge on any atom is -0.383 e. The molecule has 4 heterocycles. The molecule has 11 nitrogen and oxygen atoms in total. The number of nitrogen functional groups attached to an aromatic ring is 1. The molecule has 0 aliphatic rings. The number of fused-ring (bicyclic) bond motifs is 1. The van der Waals surface area contributed by atoms with Crippen LogP contribution in [-0.4, -0.2) is 34.9 Å². The van der Waals surface area contributed by atoms with Crippen LogP contribution in [0.25, 0.3) is 28.0 Å². The molecule has 172 valence electrons. The lowest BCUT2D eigenvalue weighted by molar-refractivity contribution is 0.425. The van der Waals surface area contributed by atoms with E-state index in [0.717, 1.165) is 17.0 Å². The van der Waals surface area contributed by atoms with Crippen molar-refractivity contribution in [3.05, 3.63) is 70.0 Å². The first kappa shape index (κ1) is 21.2. The summed E-state index contributed by atoms with van der Waals surface area (Å²) in [4.78, 5) is 26.1. The molecule has 0 fully saturated rings. The predicted octanol–water partition coefficient (Wildman–Crippen LogP) is 3.07. The Morgan fingerprint density at radius 1 is 1.24 bits per heavy atom. The summed E-state index contributed by atoms with van der Waals surface area (Å²) in [5, 5.41) is 14.5. The summed E-state index contributed by atoms with van der Waals surface area (Å²) in [7, 11) is 0. The maximum Gasteiger partial charge on any atom is 0.265 e. The van der Waals surface area contributed by atoms with Gasteiger partial charge in [-0.15, -0.1) is 0 Å². The van der Waals surface area contributed by atoms with Gasteiger partial charge >= 0.3 is 0 Å². The molecule has 1 unspecified atom stereocenters. The van der Waals surface area contributed by atoms with Gasteiger partial charge in [0.25, 0.3) is 11.4 Å². The number of aromatic nitrogens is 7. The summed E-state index contributed by atoms with van der Waals surface area (Å²) in [6.45, 7) is 5.36. The molecule has 12 heteroatoms. The minimum absolute atomic E-state index is 0.131. The maximum atomic E-state index is 13.8. The van der Waals surface area contributed by atoms with E-state index in [9.17, 15) is 9.18 Å². The van der Waals surface area contributed by atoms with Crippen molar-refractivity contribution in [3.63, 3.8) is 0 Å². The van der Waals surface area contributed by atoms with Crippen molar-refractivity contribution >= 4 is 22.4 Å². The van der Waals surface area contributed by atoms with Gasteiger partial charge < -0.3 is 15.6 Å². The largest absolute Gasteiger partial charge is 0.383 e. The summed E-state index contributed by atoms with van der Waals surface area (Å²) >= 11 is 0. The molecule has 34 heavy (non-hydrogen) atoms. The van der Waals surface area contributed by atoms with Crippen molar-refractivity contribution < 1.29 is 8.91 Å². The number of H-pyrrole nitrogens is 1. The second-order valence-corrected chi connectivity index (χ2v) is 7.82. The number of nitrogens with one attached hydrogen (secondary N) is 2. The standard InChI is InChI=1S/C22H20FN9O2/c1-10-5-4-6-13-7-14(32(22(33)17(10)13)16-8-15(23)29-30-16)11(2)27-20-18(19(24)25-9-26-20)21-28-12(3)31-34-21/h4-9,11H,1-3H3,(H,29,30)(H3,24,25,26,27). The smallest absolute Gasteiger partial charge is 0.265 e. The van der Waals surface area contributed by atoms with Gasteiger partial charge in [-0.25, -0.2) is 9.97 Å². The fourth-order valence-electron chi connectivity index (χ4n) is 3.91. The van der Waals surface area contributed by atoms with Gasteiger partial charge in [0.2, 0.25) is 5.95 Å². The third kappa shape index (κ3) is 3.54. The summed E-state index contributed by atoms with van der Waals surface area (Å²) in [6, 6.07) is 8.09. The Hall–Kier alpha value is -4.61. The highest BCUT2D eigenvalue weighted by Crippen LogP contribution is 2.32. The molecule has 1 aromatic carbocycles. The lowest BCUT2D eigenvalue weighted by Gasteiger charge is -2.21. The summed E-state index contributed by atoms with van der Waals surface area (Å²) in [5.41, 5.74) is 7.44. The first-order valence-electron chi connectivity index (χ1n) is 10.4. The number of benzene rings is 1. The highest BCUT2D eigenvalue weighted by molar-refractivity contribution is 5.85. The van der Waals surface area contributed by atoms with Crippen LogP contribution in [0.1, 0.15) is 30.0 Å². The van der Waals surface area contributed by atoms with Gasteiger partial charge in [-0.3, -0.25) is 14.5 Å². The van der Waals surface area contributed by atoms with Crippen LogP contribution in [0.3, 0.4) is 0 Å². The van der Waals surface area contributed by atoms with Crippen molar-refractivity contribution in [1.29, 1.82) is 0 Å². The van der Waals surface area contributed by atoms with Crippen molar-refractivity contribution in [3.8, 4) is 17.3 Å². The van der Waals surface area contributed by atoms with Crippen molar-refractivity contribution in [2.75, 3.05) is 11.1 Å². The summed E-state index contributed by atoms with van der Waals surface area (Å²) in [6.07, 6.45) is 1.30. The Kier molecular flexibility index (Phi) is 5.04. The second kappa shape index (κ2) is 8.06. The average molecular weight is 461 g/mol. The Morgan fingerprint density at radius 3 is 2.76 bits per heavy atom. The molecule has 1 atom stereocenters. The third-order valence-electron chi connectivity index (χ3n) is 5.46. The first-order chi connectivity index (χ1) is 16.3. The van der Waals surface area contributed by atoms with E-state index in [1.165, 1.54) is 10.9 Å². The van der Waals surface area contributed by atoms with Crippen LogP contribution in [-0.2, 0) is 0 Å². The van der Waals surface area contributed by atoms with Crippen molar-refractivity contribution in [2.24, 2.45) is 0 Å². The molecule has 4 aromatic heterocycles. The number of halogens is 1. The van der Waals surface area contributed by atoms with Gasteiger partial charge in [-0.1, -0.05) is 23.4 Å². The van der Waals surface area contributed by atoms with E-state index in [1.54, 1.807) is 6.92 Å². The predicted molar refractivity (Wildman–Crippen MR) is 123 cm³/mol. The van der Waals surface area contributed by atoms with Crippen LogP contribution in [0, 0.1) is 19.8 Å². The normalized spacial score (nSPS) is 12.2. The number of hydrogen-bond acceptors (Lipinski definition) is 9. The molecular weight excluding hydrogens is 441 g/mol. The quantitative estimate of drug-likeness (QED) is 0.358. The van der Waals surface area contributed by atoms with Crippen molar-refractivity contribution in [1.82, 2.24) is 34.9 Å². The van der Waals surface area contributed by atoms with E-state index in [-0.39, 0.29) is 23.1 Å². The van der Waals surface area contributed by atoms with Crippen LogP contribution in [0.2, 0.25) is 0 Å². The van der Waals surface area contributed by atoms with Crippen LogP contribution >= 0.6 is 0 Å². The molecular formula is C22H20FN9O2. The lowest BCUT2D eigenvalue weighted by atomic mass is 10.0. The zero-order valence-corrected chi connectivity index (χ0v) is 18.5. The Labute approximate surface area is 191 Å². The molecule has 0 amide bonds. The SMILES string of the molecule is Cc1noc(-c2c(N)ncnc2NC(C)c2cc3cccc(C)c3c(=O)n2-c2cc(F)[nH]n2)n1. The van der Waals surface area contributed by atoms with E-state index in [1.807, 2.05) is 38.1 Å². The molecule has 0 saturated carbocycles. The van der Waals surface area contributed by atoms with Crippen molar-refractivity contribution in [2.45, 2.75) is 26.8 Å². The molecule has 4 N–H and O–H groups in total. The molecule has 0 spiro atoms. The second-order valence-electron chi connectivity index (χ2n) is 7.82. The van der Waals surface area contributed by atoms with Gasteiger partial charge in [0.1, 0.15) is 23.5 Å². The topological polar surface area (TPSA) is 153 Å². The Morgan fingerprint density at radius 2 is 2.06 bits per heavy atom. The monoisotopic (exact) mass is 461 g/mol. The maximum absolute atomic E-state index is 13.8. The molecule has 0 aliphatic heterocycles. The van der Waals surface area contributed by atoms with Gasteiger partial charge in [0.05, 0.1) is 17.1 Å². The van der Waals surface area contributed by atoms with E-state index >= 15 is 0 Å². The van der Waals surface area contributed by atoms with E-state index in [2.05, 4.69) is 35.6 Å². The van der Waals surface area contributed by atoms with Gasteiger partial charge in [0.15, 0.2) is 11.6 Å². The number of nitrogens with zero attached hydrogens (tertiary/aromatic N) is 6. The minimum atomic E-state index is -0.657. The van der Waals surface area contributed by atoms with Gasteiger partial charge in [-0.05, 0) is 37.8 Å². The fourth-order valence-corrected chi connectivity index (χ4v) is 3.91. The molecule has 0 saturated heterocycles. The first-order valence-corrected chi connectivity index (χ1v) is 10.4. The Balaban J connectivity index is 1.67. The number of aryl methyl sites for hydroxylation is 2. The van der Waals surface area contributed by atoms with E-state index in [4.69, 9.17) is 10.3 Å². The number of nitrogens with two attached hydrogens (primary N) is 1. The molecule has 0 aliphatic carbocycles. The van der Waals surface area contributed by atoms with Crippen LogP contribution in [0.4, 0.5) is 16.0 Å². The highest BCUT2D eigenvalue weighted by atomic mass is 19.1. The van der Waals surface area contributed by atoms with Gasteiger partial charge in [-0.2, -0.15) is 14.5 Å². The number of rotatable bonds is 5. The van der Waals surface area contributed by atoms with Gasteiger partial charge in [0, 0.05) is 6.07 Å². The number of pyridine rings is 1. The van der Waals surface area contributed by atoms with Crippen LogP contribution in [0.5, 0.6) is 0 Å². The fraction of sp³-hybridized carbons (Fsp3) is 0.182. The number of aromatic amines is 1. The molecule has 5 rings (SSSR count). The highest BCUT2D eigenvalue weighted by Gasteiger charge is 2.23. The molecule has 0 radical (unpaired) electrons. The average Bonchev–Trinajstić information content (AvgIpc) is 3.41. The number of hydrogen-bond donors (Lipinski definition) is 3. The lowest BCUT2D eigenvalue weighted by Crippen LogP contribution is -2.26. The zero-order chi connectivity index (χ0) is 24.0. The van der Waals surface area contributed by atoms with E-state index < -0.39 is 12.0 Å². The van der Waals surface area contributed by atoms with E-state index in [0.29, 0.717) is 28.3 Å². The number of anilines is 2. The third-order valence-corrected chi connectivity index (χ3v) is 5.46. The summed E-state index contributed by atoms with van der Waals surface area (Å²) < 4.78 is 20.4. The summed E-state index contributed by atoms with van der Waals surface area (Å²) in [5.74, 6) is 0.541.